The molecule has 126 valence electrons. The Morgan fingerprint density at radius 1 is 1.42 bits per heavy atom. The lowest BCUT2D eigenvalue weighted by atomic mass is 10.1. The van der Waals surface area contributed by atoms with Gasteiger partial charge in [0, 0.05) is 17.9 Å². The molecule has 1 aromatic carbocycles. The van der Waals surface area contributed by atoms with E-state index in [2.05, 4.69) is 10.1 Å². The molecule has 7 nitrogen and oxygen atoms in total. The Kier molecular flexibility index (Phi) is 4.19. The van der Waals surface area contributed by atoms with Crippen molar-refractivity contribution in [3.8, 4) is 5.75 Å². The Labute approximate surface area is 142 Å². The van der Waals surface area contributed by atoms with Gasteiger partial charge in [-0.2, -0.15) is 0 Å². The number of fused-ring (bicyclic) bond motifs is 1. The van der Waals surface area contributed by atoms with E-state index in [1.54, 1.807) is 26.0 Å². The first kappa shape index (κ1) is 16.3. The second-order valence-electron chi connectivity index (χ2n) is 5.75. The first-order valence-corrected chi connectivity index (χ1v) is 7.63. The van der Waals surface area contributed by atoms with Crippen LogP contribution in [0.25, 0.3) is 11.0 Å². The Bertz CT molecular complexity index is 870. The number of halogens is 1. The Hall–Kier alpha value is -2.54. The van der Waals surface area contributed by atoms with E-state index in [-0.39, 0.29) is 12.8 Å². The second-order valence-corrected chi connectivity index (χ2v) is 6.16. The van der Waals surface area contributed by atoms with Gasteiger partial charge in [-0.15, -0.1) is 0 Å². The lowest BCUT2D eigenvalue weighted by Crippen LogP contribution is -2.25. The lowest BCUT2D eigenvalue weighted by molar-refractivity contribution is -0.136. The van der Waals surface area contributed by atoms with Crippen LogP contribution >= 0.6 is 11.6 Å². The SMILES string of the molecule is CC(C)(Oc1cc2onc(CCC(=O)O)c2cc1Cl)c1ncco1. The van der Waals surface area contributed by atoms with Crippen LogP contribution in [0, 0.1) is 0 Å². The molecular weight excluding hydrogens is 336 g/mol. The number of benzene rings is 1. The van der Waals surface area contributed by atoms with Gasteiger partial charge in [0.05, 0.1) is 23.3 Å². The molecule has 8 heteroatoms. The molecule has 0 amide bonds. The summed E-state index contributed by atoms with van der Waals surface area (Å²) >= 11 is 6.30. The maximum Gasteiger partial charge on any atom is 0.303 e. The minimum Gasteiger partial charge on any atom is -0.481 e. The fourth-order valence-electron chi connectivity index (χ4n) is 2.31. The highest BCUT2D eigenvalue weighted by Crippen LogP contribution is 2.36. The number of oxazole rings is 1. The topological polar surface area (TPSA) is 98.6 Å². The maximum atomic E-state index is 10.7. The smallest absolute Gasteiger partial charge is 0.303 e. The lowest BCUT2D eigenvalue weighted by Gasteiger charge is -2.23. The number of hydrogen-bond acceptors (Lipinski definition) is 6. The maximum absolute atomic E-state index is 10.7. The van der Waals surface area contributed by atoms with Crippen molar-refractivity contribution >= 4 is 28.5 Å². The van der Waals surface area contributed by atoms with E-state index in [4.69, 9.17) is 30.4 Å². The average Bonchev–Trinajstić information content (AvgIpc) is 3.15. The monoisotopic (exact) mass is 350 g/mol. The molecule has 0 unspecified atom stereocenters. The van der Waals surface area contributed by atoms with Crippen molar-refractivity contribution in [2.24, 2.45) is 0 Å². The third kappa shape index (κ3) is 3.21. The van der Waals surface area contributed by atoms with Gasteiger partial charge in [0.15, 0.2) is 11.2 Å². The minimum atomic E-state index is -0.898. The van der Waals surface area contributed by atoms with Crippen molar-refractivity contribution in [3.05, 3.63) is 41.2 Å². The molecule has 0 atom stereocenters. The van der Waals surface area contributed by atoms with Crippen molar-refractivity contribution in [3.63, 3.8) is 0 Å². The van der Waals surface area contributed by atoms with Crippen LogP contribution < -0.4 is 4.74 Å². The molecule has 0 aliphatic rings. The van der Waals surface area contributed by atoms with E-state index in [9.17, 15) is 4.79 Å². The van der Waals surface area contributed by atoms with Crippen LogP contribution in [0.15, 0.2) is 33.5 Å². The largest absolute Gasteiger partial charge is 0.481 e. The van der Waals surface area contributed by atoms with Gasteiger partial charge >= 0.3 is 5.97 Å². The average molecular weight is 351 g/mol. The molecule has 0 saturated carbocycles. The summed E-state index contributed by atoms with van der Waals surface area (Å²) in [4.78, 5) is 14.8. The molecule has 2 heterocycles. The third-order valence-corrected chi connectivity index (χ3v) is 3.78. The zero-order chi connectivity index (χ0) is 17.3. The first-order chi connectivity index (χ1) is 11.4. The Balaban J connectivity index is 1.90. The van der Waals surface area contributed by atoms with Crippen LogP contribution in [0.4, 0.5) is 0 Å². The van der Waals surface area contributed by atoms with E-state index >= 15 is 0 Å². The predicted octanol–water partition coefficient (Wildman–Crippen LogP) is 3.80. The molecule has 1 N–H and O–H groups in total. The van der Waals surface area contributed by atoms with Crippen molar-refractivity contribution in [1.82, 2.24) is 10.1 Å². The molecule has 24 heavy (non-hydrogen) atoms. The summed E-state index contributed by atoms with van der Waals surface area (Å²) in [5.74, 6) is -0.0865. The van der Waals surface area contributed by atoms with Crippen LogP contribution in [0.1, 0.15) is 31.9 Å². The third-order valence-electron chi connectivity index (χ3n) is 3.49. The van der Waals surface area contributed by atoms with Crippen LogP contribution in [0.3, 0.4) is 0 Å². The molecule has 3 aromatic rings. The summed E-state index contributed by atoms with van der Waals surface area (Å²) in [6.07, 6.45) is 3.24. The van der Waals surface area contributed by atoms with Gasteiger partial charge in [0.1, 0.15) is 12.0 Å². The van der Waals surface area contributed by atoms with E-state index in [1.165, 1.54) is 12.5 Å². The van der Waals surface area contributed by atoms with E-state index in [1.807, 2.05) is 0 Å². The predicted molar refractivity (Wildman–Crippen MR) is 85.1 cm³/mol. The standard InChI is InChI=1S/C16H15ClN2O5/c1-16(2,15-18-5-6-22-15)23-13-8-12-9(7-10(13)17)11(19-24-12)3-4-14(20)21/h5-8H,3-4H2,1-2H3,(H,20,21). The van der Waals surface area contributed by atoms with Crippen molar-refractivity contribution < 1.29 is 23.6 Å². The van der Waals surface area contributed by atoms with Crippen molar-refractivity contribution in [2.75, 3.05) is 0 Å². The van der Waals surface area contributed by atoms with E-state index < -0.39 is 11.6 Å². The summed E-state index contributed by atoms with van der Waals surface area (Å²) in [7, 11) is 0. The van der Waals surface area contributed by atoms with E-state index in [0.717, 1.165) is 0 Å². The molecule has 0 fully saturated rings. The molecule has 0 saturated heterocycles. The summed E-state index contributed by atoms with van der Waals surface area (Å²) in [5.41, 5.74) is 0.193. The van der Waals surface area contributed by atoms with Crippen molar-refractivity contribution in [1.29, 1.82) is 0 Å². The molecule has 2 aromatic heterocycles. The van der Waals surface area contributed by atoms with Crippen LogP contribution in [-0.2, 0) is 16.8 Å². The molecule has 3 rings (SSSR count). The zero-order valence-electron chi connectivity index (χ0n) is 13.1. The minimum absolute atomic E-state index is 0.0330. The van der Waals surface area contributed by atoms with Gasteiger partial charge in [-0.25, -0.2) is 4.98 Å². The number of nitrogens with zero attached hydrogens (tertiary/aromatic N) is 2. The van der Waals surface area contributed by atoms with E-state index in [0.29, 0.717) is 33.3 Å². The molecule has 0 spiro atoms. The van der Waals surface area contributed by atoms with Gasteiger partial charge in [-0.1, -0.05) is 16.8 Å². The van der Waals surface area contributed by atoms with Gasteiger partial charge in [-0.05, 0) is 19.9 Å². The highest BCUT2D eigenvalue weighted by Gasteiger charge is 2.29. The highest BCUT2D eigenvalue weighted by atomic mass is 35.5. The number of hydrogen-bond donors (Lipinski definition) is 1. The van der Waals surface area contributed by atoms with Crippen LogP contribution in [-0.4, -0.2) is 21.2 Å². The Morgan fingerprint density at radius 2 is 2.21 bits per heavy atom. The molecule has 0 aliphatic carbocycles. The highest BCUT2D eigenvalue weighted by molar-refractivity contribution is 6.32. The fraction of sp³-hybridized carbons (Fsp3) is 0.312. The molecule has 0 aliphatic heterocycles. The molecule has 0 radical (unpaired) electrons. The number of ether oxygens (including phenoxy) is 1. The zero-order valence-corrected chi connectivity index (χ0v) is 13.8. The second kappa shape index (κ2) is 6.16. The first-order valence-electron chi connectivity index (χ1n) is 7.25. The van der Waals surface area contributed by atoms with Gasteiger partial charge < -0.3 is 18.8 Å². The number of carboxylic acid groups (broad SMARTS) is 1. The summed E-state index contributed by atoms with van der Waals surface area (Å²) in [6.45, 7) is 3.61. The number of aromatic nitrogens is 2. The molecular formula is C16H15ClN2O5. The fourth-order valence-corrected chi connectivity index (χ4v) is 2.51. The van der Waals surface area contributed by atoms with Crippen LogP contribution in [0.2, 0.25) is 5.02 Å². The van der Waals surface area contributed by atoms with Gasteiger partial charge in [0.25, 0.3) is 0 Å². The van der Waals surface area contributed by atoms with Gasteiger partial charge in [0.2, 0.25) is 5.89 Å². The van der Waals surface area contributed by atoms with Crippen LogP contribution in [0.5, 0.6) is 5.75 Å². The summed E-state index contributed by atoms with van der Waals surface area (Å²) in [5, 5.41) is 13.7. The van der Waals surface area contributed by atoms with Crippen molar-refractivity contribution in [2.45, 2.75) is 32.3 Å². The normalized spacial score (nSPS) is 11.8. The number of carbonyl (C=O) groups is 1. The number of aliphatic carboxylic acids is 1. The summed E-state index contributed by atoms with van der Waals surface area (Å²) < 4.78 is 16.5. The number of aryl methyl sites for hydroxylation is 1. The molecule has 0 bridgehead atoms. The quantitative estimate of drug-likeness (QED) is 0.721. The summed E-state index contributed by atoms with van der Waals surface area (Å²) in [6, 6.07) is 3.28. The number of rotatable bonds is 6. The van der Waals surface area contributed by atoms with Gasteiger partial charge in [-0.3, -0.25) is 4.79 Å². The Morgan fingerprint density at radius 3 is 2.88 bits per heavy atom. The number of carboxylic acids is 1.